The number of rotatable bonds is 11. The Morgan fingerprint density at radius 3 is 2.44 bits per heavy atom. The van der Waals surface area contributed by atoms with Crippen molar-refractivity contribution in [2.24, 2.45) is 5.92 Å². The molecule has 3 N–H and O–H groups in total. The Bertz CT molecular complexity index is 1620. The molecular weight excluding hydrogens is 565 g/mol. The number of benzene rings is 2. The highest BCUT2D eigenvalue weighted by Crippen LogP contribution is 2.31. The van der Waals surface area contributed by atoms with Gasteiger partial charge < -0.3 is 25.0 Å². The number of imidazole rings is 1. The van der Waals surface area contributed by atoms with Crippen molar-refractivity contribution in [1.82, 2.24) is 24.8 Å². The van der Waals surface area contributed by atoms with Crippen molar-refractivity contribution in [1.29, 1.82) is 0 Å². The van der Waals surface area contributed by atoms with Crippen molar-refractivity contribution < 1.29 is 32.6 Å². The summed E-state index contributed by atoms with van der Waals surface area (Å²) in [4.78, 5) is 38.9. The van der Waals surface area contributed by atoms with Gasteiger partial charge in [0.05, 0.1) is 19.2 Å². The van der Waals surface area contributed by atoms with Crippen LogP contribution in [0.5, 0.6) is 5.75 Å². The van der Waals surface area contributed by atoms with Gasteiger partial charge in [-0.05, 0) is 48.1 Å². The standard InChI is InChI=1S/C30H31F3N6O4/c1-43-29(42)26-36-24(34-15-13-18-5-4-6-18)23-25(37-26)38-27(28(41)35-16-14-20-7-2-3-8-22(20)40)39(23)17-19-9-11-21(12-10-19)30(31,32)33/h2-3,7-12,18,40H,4-6,13-17H2,1H3,(H,35,41)(H,34,36,37). The summed E-state index contributed by atoms with van der Waals surface area (Å²) in [6, 6.07) is 11.4. The maximum atomic E-state index is 13.5. The molecule has 0 aliphatic heterocycles. The van der Waals surface area contributed by atoms with Gasteiger partial charge in [-0.1, -0.05) is 49.6 Å². The van der Waals surface area contributed by atoms with Gasteiger partial charge >= 0.3 is 12.1 Å². The molecule has 2 aromatic carbocycles. The van der Waals surface area contributed by atoms with Gasteiger partial charge in [-0.25, -0.2) is 19.7 Å². The second-order valence-corrected chi connectivity index (χ2v) is 10.4. The molecule has 1 saturated carbocycles. The third-order valence-electron chi connectivity index (χ3n) is 7.54. The molecular formula is C30H31F3N6O4. The zero-order valence-corrected chi connectivity index (χ0v) is 23.4. The molecule has 13 heteroatoms. The molecule has 5 rings (SSSR count). The molecule has 1 aliphatic rings. The summed E-state index contributed by atoms with van der Waals surface area (Å²) in [5.74, 6) is -0.702. The number of halogens is 3. The van der Waals surface area contributed by atoms with Crippen LogP contribution in [0.25, 0.3) is 11.2 Å². The molecule has 10 nitrogen and oxygen atoms in total. The Labute approximate surface area is 245 Å². The fourth-order valence-electron chi connectivity index (χ4n) is 4.94. The number of nitrogens with one attached hydrogen (secondary N) is 2. The van der Waals surface area contributed by atoms with E-state index in [-0.39, 0.29) is 42.0 Å². The molecule has 0 atom stereocenters. The van der Waals surface area contributed by atoms with Gasteiger partial charge in [-0.2, -0.15) is 13.2 Å². The van der Waals surface area contributed by atoms with Gasteiger partial charge in [0, 0.05) is 13.1 Å². The molecule has 2 heterocycles. The maximum absolute atomic E-state index is 13.5. The number of nitrogens with zero attached hydrogens (tertiary/aromatic N) is 4. The molecule has 226 valence electrons. The van der Waals surface area contributed by atoms with Gasteiger partial charge in [0.15, 0.2) is 11.5 Å². The molecule has 2 aromatic heterocycles. The number of alkyl halides is 3. The van der Waals surface area contributed by atoms with Crippen LogP contribution in [0, 0.1) is 5.92 Å². The van der Waals surface area contributed by atoms with Crippen molar-refractivity contribution >= 4 is 28.9 Å². The lowest BCUT2D eigenvalue weighted by atomic mass is 9.83. The van der Waals surface area contributed by atoms with Crippen molar-refractivity contribution in [3.63, 3.8) is 0 Å². The van der Waals surface area contributed by atoms with Crippen LogP contribution in [0.15, 0.2) is 48.5 Å². The highest BCUT2D eigenvalue weighted by molar-refractivity contribution is 5.98. The topological polar surface area (TPSA) is 131 Å². The van der Waals surface area contributed by atoms with Gasteiger partial charge in [0.25, 0.3) is 5.91 Å². The smallest absolute Gasteiger partial charge is 0.416 e. The van der Waals surface area contributed by atoms with E-state index in [0.717, 1.165) is 31.4 Å². The number of aromatic hydroxyl groups is 1. The molecule has 0 radical (unpaired) electrons. The minimum atomic E-state index is -4.49. The minimum Gasteiger partial charge on any atom is -0.508 e. The molecule has 0 unspecified atom stereocenters. The number of phenolic OH excluding ortho intramolecular Hbond substituents is 1. The van der Waals surface area contributed by atoms with Crippen LogP contribution in [-0.4, -0.2) is 56.7 Å². The Kier molecular flexibility index (Phi) is 8.78. The first-order valence-corrected chi connectivity index (χ1v) is 14.0. The van der Waals surface area contributed by atoms with Crippen molar-refractivity contribution in [2.45, 2.75) is 44.8 Å². The van der Waals surface area contributed by atoms with Crippen molar-refractivity contribution in [3.8, 4) is 5.75 Å². The zero-order chi connectivity index (χ0) is 30.6. The van der Waals surface area contributed by atoms with E-state index in [1.54, 1.807) is 24.3 Å². The largest absolute Gasteiger partial charge is 0.508 e. The number of carbonyl (C=O) groups excluding carboxylic acids is 2. The van der Waals surface area contributed by atoms with E-state index in [1.165, 1.54) is 30.2 Å². The van der Waals surface area contributed by atoms with E-state index in [4.69, 9.17) is 4.74 Å². The first-order chi connectivity index (χ1) is 20.6. The Balaban J connectivity index is 1.51. The summed E-state index contributed by atoms with van der Waals surface area (Å²) in [7, 11) is 1.20. The summed E-state index contributed by atoms with van der Waals surface area (Å²) < 4.78 is 45.9. The molecule has 43 heavy (non-hydrogen) atoms. The predicted octanol–water partition coefficient (Wildman–Crippen LogP) is 4.96. The maximum Gasteiger partial charge on any atom is 0.416 e. The normalized spacial score (nSPS) is 13.5. The number of para-hydroxylation sites is 1. The Hall–Kier alpha value is -4.68. The quantitative estimate of drug-likeness (QED) is 0.207. The van der Waals surface area contributed by atoms with E-state index in [9.17, 15) is 27.9 Å². The van der Waals surface area contributed by atoms with Crippen LogP contribution in [0.3, 0.4) is 0 Å². The average Bonchev–Trinajstić information content (AvgIpc) is 3.33. The van der Waals surface area contributed by atoms with E-state index >= 15 is 0 Å². The van der Waals surface area contributed by atoms with Crippen LogP contribution in [0.4, 0.5) is 19.0 Å². The summed E-state index contributed by atoms with van der Waals surface area (Å²) >= 11 is 0. The summed E-state index contributed by atoms with van der Waals surface area (Å²) in [6.07, 6.45) is 0.214. The van der Waals surface area contributed by atoms with Gasteiger partial charge in [0.1, 0.15) is 11.3 Å². The predicted molar refractivity (Wildman–Crippen MR) is 152 cm³/mol. The van der Waals surface area contributed by atoms with Crippen LogP contribution in [-0.2, 0) is 23.9 Å². The van der Waals surface area contributed by atoms with Crippen LogP contribution in [0.2, 0.25) is 0 Å². The SMILES string of the molecule is COC(=O)c1nc(NCCC2CCC2)c2c(n1)nc(C(=O)NCCc1ccccc1O)n2Cc1ccc(C(F)(F)F)cc1. The zero-order valence-electron chi connectivity index (χ0n) is 23.4. The monoisotopic (exact) mass is 596 g/mol. The van der Waals surface area contributed by atoms with E-state index in [1.807, 2.05) is 0 Å². The molecule has 0 bridgehead atoms. The fourth-order valence-corrected chi connectivity index (χ4v) is 4.94. The summed E-state index contributed by atoms with van der Waals surface area (Å²) in [6.45, 7) is 0.700. The van der Waals surface area contributed by atoms with E-state index < -0.39 is 23.6 Å². The number of hydrogen-bond donors (Lipinski definition) is 3. The fraction of sp³-hybridized carbons (Fsp3) is 0.367. The third-order valence-corrected chi connectivity index (χ3v) is 7.54. The highest BCUT2D eigenvalue weighted by atomic mass is 19.4. The number of esters is 1. The number of amides is 1. The molecule has 1 amide bonds. The lowest BCUT2D eigenvalue weighted by Gasteiger charge is -2.25. The summed E-state index contributed by atoms with van der Waals surface area (Å²) in [5.41, 5.74) is 0.713. The highest BCUT2D eigenvalue weighted by Gasteiger charge is 2.30. The van der Waals surface area contributed by atoms with Gasteiger partial charge in [0.2, 0.25) is 11.6 Å². The average molecular weight is 597 g/mol. The van der Waals surface area contributed by atoms with Crippen LogP contribution >= 0.6 is 0 Å². The Morgan fingerprint density at radius 1 is 1.05 bits per heavy atom. The van der Waals surface area contributed by atoms with E-state index in [2.05, 4.69) is 25.6 Å². The first kappa shape index (κ1) is 29.8. The van der Waals surface area contributed by atoms with Crippen molar-refractivity contribution in [2.75, 3.05) is 25.5 Å². The van der Waals surface area contributed by atoms with Gasteiger partial charge in [-0.3, -0.25) is 4.79 Å². The number of carbonyl (C=O) groups is 2. The third kappa shape index (κ3) is 6.87. The molecule has 1 aliphatic carbocycles. The number of hydrogen-bond acceptors (Lipinski definition) is 8. The number of ether oxygens (including phenoxy) is 1. The number of methoxy groups -OCH3 is 1. The van der Waals surface area contributed by atoms with Crippen molar-refractivity contribution in [3.05, 3.63) is 76.9 Å². The molecule has 4 aromatic rings. The van der Waals surface area contributed by atoms with Crippen LogP contribution in [0.1, 0.15) is 63.6 Å². The minimum absolute atomic E-state index is 0.0188. The lowest BCUT2D eigenvalue weighted by molar-refractivity contribution is -0.137. The number of anilines is 1. The lowest BCUT2D eigenvalue weighted by Crippen LogP contribution is -2.29. The number of phenols is 1. The number of fused-ring (bicyclic) bond motifs is 1. The Morgan fingerprint density at radius 2 is 1.79 bits per heavy atom. The van der Waals surface area contributed by atoms with E-state index in [0.29, 0.717) is 35.5 Å². The second-order valence-electron chi connectivity index (χ2n) is 10.4. The molecule has 0 saturated heterocycles. The molecule has 0 spiro atoms. The second kappa shape index (κ2) is 12.7. The molecule has 1 fully saturated rings. The number of aromatic nitrogens is 4. The van der Waals surface area contributed by atoms with Gasteiger partial charge in [-0.15, -0.1) is 0 Å². The summed E-state index contributed by atoms with van der Waals surface area (Å²) in [5, 5.41) is 16.1. The first-order valence-electron chi connectivity index (χ1n) is 14.0. The van der Waals surface area contributed by atoms with Crippen LogP contribution < -0.4 is 10.6 Å².